The monoisotopic (exact) mass is 598 g/mol. The molecule has 1 aliphatic carbocycles. The van der Waals surface area contributed by atoms with E-state index in [1.54, 1.807) is 0 Å². The van der Waals surface area contributed by atoms with Crippen molar-refractivity contribution in [1.82, 2.24) is 25.1 Å². The predicted octanol–water partition coefficient (Wildman–Crippen LogP) is 5.22. The third-order valence-corrected chi connectivity index (χ3v) is 8.18. The molecule has 2 fully saturated rings. The number of fused-ring (bicyclic) bond motifs is 1. The van der Waals surface area contributed by atoms with Crippen molar-refractivity contribution in [2.24, 2.45) is 0 Å². The molecule has 1 saturated heterocycles. The smallest absolute Gasteiger partial charge is 0.416 e. The van der Waals surface area contributed by atoms with Crippen molar-refractivity contribution in [2.75, 3.05) is 31.5 Å². The Morgan fingerprint density at radius 1 is 1.05 bits per heavy atom. The Hall–Kier alpha value is -3.93. The molecule has 0 bridgehead atoms. The fourth-order valence-electron chi connectivity index (χ4n) is 5.92. The fraction of sp³-hybridized carbons (Fsp3) is 0.484. The molecule has 1 aliphatic heterocycles. The summed E-state index contributed by atoms with van der Waals surface area (Å²) in [5, 5.41) is 6.06. The summed E-state index contributed by atoms with van der Waals surface area (Å²) in [6, 6.07) is 13.5. The summed E-state index contributed by atoms with van der Waals surface area (Å²) >= 11 is 0. The molecule has 2 aliphatic rings. The molecule has 2 N–H and O–H groups in total. The molecular formula is C31H37F3N6O3. The lowest BCUT2D eigenvalue weighted by Gasteiger charge is -2.47. The van der Waals surface area contributed by atoms with Crippen molar-refractivity contribution < 1.29 is 27.5 Å². The minimum atomic E-state index is -4.49. The average molecular weight is 599 g/mol. The number of ether oxygens (including phenoxy) is 1. The van der Waals surface area contributed by atoms with Gasteiger partial charge in [0.15, 0.2) is 0 Å². The van der Waals surface area contributed by atoms with Crippen LogP contribution < -0.4 is 10.6 Å². The number of halogens is 3. The summed E-state index contributed by atoms with van der Waals surface area (Å²) in [5.74, 6) is -0.0735. The summed E-state index contributed by atoms with van der Waals surface area (Å²) in [5.41, 5.74) is 0.525. The average Bonchev–Trinajstić information content (AvgIpc) is 2.99. The number of alkyl halides is 3. The largest absolute Gasteiger partial charge is 0.445 e. The second-order valence-electron chi connectivity index (χ2n) is 11.2. The number of carbonyl (C=O) groups is 2. The van der Waals surface area contributed by atoms with E-state index in [2.05, 4.69) is 32.4 Å². The van der Waals surface area contributed by atoms with Crippen LogP contribution in [0.3, 0.4) is 0 Å². The fourth-order valence-corrected chi connectivity index (χ4v) is 5.92. The minimum absolute atomic E-state index is 0.00977. The number of nitrogens with one attached hydrogen (secondary N) is 2. The maximum Gasteiger partial charge on any atom is 0.416 e. The number of hydrogen-bond donors (Lipinski definition) is 2. The summed E-state index contributed by atoms with van der Waals surface area (Å²) in [6.45, 7) is 4.36. The summed E-state index contributed by atoms with van der Waals surface area (Å²) < 4.78 is 45.1. The molecule has 0 radical (unpaired) electrons. The van der Waals surface area contributed by atoms with Crippen LogP contribution >= 0.6 is 0 Å². The molecular weight excluding hydrogens is 561 g/mol. The van der Waals surface area contributed by atoms with Gasteiger partial charge in [-0.3, -0.25) is 9.69 Å². The molecule has 43 heavy (non-hydrogen) atoms. The molecule has 230 valence electrons. The molecule has 0 atom stereocenters. The number of carbonyl (C=O) groups excluding carboxylic acids is 2. The van der Waals surface area contributed by atoms with E-state index >= 15 is 0 Å². The van der Waals surface area contributed by atoms with Crippen LogP contribution in [0.5, 0.6) is 0 Å². The van der Waals surface area contributed by atoms with Gasteiger partial charge in [-0.15, -0.1) is 0 Å². The third-order valence-electron chi connectivity index (χ3n) is 8.18. The van der Waals surface area contributed by atoms with Crippen LogP contribution in [0.4, 0.5) is 23.8 Å². The number of hydrogen-bond acceptors (Lipinski definition) is 7. The van der Waals surface area contributed by atoms with Crippen molar-refractivity contribution in [1.29, 1.82) is 0 Å². The Morgan fingerprint density at radius 3 is 2.49 bits per heavy atom. The molecule has 3 aromatic rings. The quantitative estimate of drug-likeness (QED) is 0.330. The van der Waals surface area contributed by atoms with Crippen LogP contribution in [0.2, 0.25) is 0 Å². The Morgan fingerprint density at radius 2 is 1.79 bits per heavy atom. The van der Waals surface area contributed by atoms with Gasteiger partial charge in [-0.25, -0.2) is 14.8 Å². The SMILES string of the molecule is CCCN(C(=O)OCc1ccccc1)[C@H]1CC[C@H](N2CC(NC(=O)CNc3ncnc4ccc(C(F)(F)F)cc34)C2)CC1. The van der Waals surface area contributed by atoms with E-state index in [0.29, 0.717) is 18.1 Å². The number of anilines is 1. The molecule has 1 saturated carbocycles. The van der Waals surface area contributed by atoms with E-state index in [9.17, 15) is 22.8 Å². The number of likely N-dealkylation sites (tertiary alicyclic amines) is 1. The molecule has 0 spiro atoms. The lowest BCUT2D eigenvalue weighted by Crippen LogP contribution is -2.63. The molecule has 2 heterocycles. The van der Waals surface area contributed by atoms with E-state index in [-0.39, 0.29) is 48.4 Å². The number of amides is 2. The first-order valence-electron chi connectivity index (χ1n) is 14.8. The second kappa shape index (κ2) is 13.6. The van der Waals surface area contributed by atoms with Gasteiger partial charge in [0.05, 0.1) is 23.7 Å². The highest BCUT2D eigenvalue weighted by atomic mass is 19.4. The van der Waals surface area contributed by atoms with Gasteiger partial charge in [0, 0.05) is 37.1 Å². The first-order valence-corrected chi connectivity index (χ1v) is 14.8. The first kappa shape index (κ1) is 30.5. The number of nitrogens with zero attached hydrogens (tertiary/aromatic N) is 4. The Balaban J connectivity index is 1.05. The van der Waals surface area contributed by atoms with E-state index < -0.39 is 11.7 Å². The Labute approximate surface area is 248 Å². The van der Waals surface area contributed by atoms with Crippen molar-refractivity contribution in [2.45, 2.75) is 69.9 Å². The van der Waals surface area contributed by atoms with E-state index in [4.69, 9.17) is 4.74 Å². The van der Waals surface area contributed by atoms with Crippen LogP contribution in [0.1, 0.15) is 50.2 Å². The lowest BCUT2D eigenvalue weighted by atomic mass is 9.87. The molecule has 1 aromatic heterocycles. The van der Waals surface area contributed by atoms with Crippen molar-refractivity contribution >= 4 is 28.7 Å². The Kier molecular flexibility index (Phi) is 9.64. The highest BCUT2D eigenvalue weighted by molar-refractivity contribution is 5.91. The number of rotatable bonds is 10. The van der Waals surface area contributed by atoms with Gasteiger partial charge in [-0.1, -0.05) is 37.3 Å². The highest BCUT2D eigenvalue weighted by Gasteiger charge is 2.37. The van der Waals surface area contributed by atoms with Crippen LogP contribution in [0, 0.1) is 0 Å². The first-order chi connectivity index (χ1) is 20.7. The predicted molar refractivity (Wildman–Crippen MR) is 156 cm³/mol. The highest BCUT2D eigenvalue weighted by Crippen LogP contribution is 2.33. The molecule has 9 nitrogen and oxygen atoms in total. The van der Waals surface area contributed by atoms with E-state index in [0.717, 1.165) is 62.9 Å². The molecule has 2 aromatic carbocycles. The van der Waals surface area contributed by atoms with Crippen LogP contribution in [0.25, 0.3) is 10.9 Å². The van der Waals surface area contributed by atoms with Gasteiger partial charge < -0.3 is 20.3 Å². The maximum absolute atomic E-state index is 13.2. The van der Waals surface area contributed by atoms with Crippen LogP contribution in [-0.4, -0.2) is 76.1 Å². The normalized spacial score (nSPS) is 19.4. The molecule has 0 unspecified atom stereocenters. The van der Waals surface area contributed by atoms with Crippen LogP contribution in [0.15, 0.2) is 54.9 Å². The van der Waals surface area contributed by atoms with E-state index in [1.165, 1.54) is 12.4 Å². The number of benzene rings is 2. The molecule has 5 rings (SSSR count). The zero-order chi connectivity index (χ0) is 30.4. The van der Waals surface area contributed by atoms with Crippen molar-refractivity contribution in [3.8, 4) is 0 Å². The van der Waals surface area contributed by atoms with Crippen LogP contribution in [-0.2, 0) is 22.3 Å². The lowest BCUT2D eigenvalue weighted by molar-refractivity contribution is -0.137. The van der Waals surface area contributed by atoms with E-state index in [1.807, 2.05) is 35.2 Å². The van der Waals surface area contributed by atoms with Gasteiger partial charge in [0.1, 0.15) is 18.8 Å². The van der Waals surface area contributed by atoms with Gasteiger partial charge in [-0.05, 0) is 55.9 Å². The van der Waals surface area contributed by atoms with Gasteiger partial charge in [0.25, 0.3) is 0 Å². The third kappa shape index (κ3) is 7.73. The number of aromatic nitrogens is 2. The zero-order valence-corrected chi connectivity index (χ0v) is 24.1. The maximum atomic E-state index is 13.2. The second-order valence-corrected chi connectivity index (χ2v) is 11.2. The zero-order valence-electron chi connectivity index (χ0n) is 24.1. The van der Waals surface area contributed by atoms with Gasteiger partial charge in [0.2, 0.25) is 5.91 Å². The van der Waals surface area contributed by atoms with Gasteiger partial charge >= 0.3 is 12.3 Å². The Bertz CT molecular complexity index is 1390. The summed E-state index contributed by atoms with van der Waals surface area (Å²) in [4.78, 5) is 37.8. The van der Waals surface area contributed by atoms with Gasteiger partial charge in [-0.2, -0.15) is 13.2 Å². The summed E-state index contributed by atoms with van der Waals surface area (Å²) in [7, 11) is 0. The standard InChI is InChI=1S/C31H37F3N6O3/c1-2-14-40(30(42)43-19-21-6-4-3-5-7-21)25-11-9-24(10-12-25)39-17-23(18-39)38-28(41)16-35-29-26-15-22(31(32,33)34)8-13-27(26)36-20-37-29/h3-8,13,15,20,23-25H,2,9-12,14,16-19H2,1H3,(H,38,41)(H,35,36,37)/t24-,25-. The molecule has 12 heteroatoms. The topological polar surface area (TPSA) is 99.7 Å². The molecule has 2 amide bonds. The van der Waals surface area contributed by atoms with Crippen molar-refractivity contribution in [3.05, 3.63) is 66.0 Å². The van der Waals surface area contributed by atoms with Crippen molar-refractivity contribution in [3.63, 3.8) is 0 Å². The minimum Gasteiger partial charge on any atom is -0.445 e. The summed E-state index contributed by atoms with van der Waals surface area (Å²) in [6.07, 6.45) is 1.13.